The molecular weight excluding hydrogens is 290 g/mol. The van der Waals surface area contributed by atoms with Gasteiger partial charge in [0, 0.05) is 26.1 Å². The second-order valence-corrected chi connectivity index (χ2v) is 4.52. The van der Waals surface area contributed by atoms with Crippen molar-refractivity contribution in [2.75, 3.05) is 19.8 Å². The summed E-state index contributed by atoms with van der Waals surface area (Å²) in [7, 11) is 0. The first kappa shape index (κ1) is 12.4. The topological polar surface area (TPSA) is 76.4 Å². The van der Waals surface area contributed by atoms with Crippen LogP contribution in [0.15, 0.2) is 4.47 Å². The Labute approximate surface area is 107 Å². The number of aromatic nitrogens is 2. The third kappa shape index (κ3) is 2.61. The molecule has 1 amide bonds. The monoisotopic (exact) mass is 303 g/mol. The van der Waals surface area contributed by atoms with Gasteiger partial charge in [-0.25, -0.2) is 4.68 Å². The average molecular weight is 304 g/mol. The van der Waals surface area contributed by atoms with E-state index < -0.39 is 0 Å². The van der Waals surface area contributed by atoms with E-state index >= 15 is 0 Å². The lowest BCUT2D eigenvalue weighted by molar-refractivity contribution is 0.0944. The number of nitrogens with zero attached hydrogens (tertiary/aromatic N) is 2. The molecule has 0 bridgehead atoms. The van der Waals surface area contributed by atoms with Gasteiger partial charge in [-0.15, -0.1) is 0 Å². The summed E-state index contributed by atoms with van der Waals surface area (Å²) in [6, 6.07) is 0. The van der Waals surface area contributed by atoms with Crippen molar-refractivity contribution in [3.05, 3.63) is 10.2 Å². The Morgan fingerprint density at radius 2 is 2.47 bits per heavy atom. The molecule has 7 heteroatoms. The number of ether oxygens (including phenoxy) is 1. The van der Waals surface area contributed by atoms with Crippen molar-refractivity contribution in [1.82, 2.24) is 15.1 Å². The number of halogens is 1. The fraction of sp³-hybridized carbons (Fsp3) is 0.600. The van der Waals surface area contributed by atoms with E-state index in [4.69, 9.17) is 9.84 Å². The Morgan fingerprint density at radius 1 is 1.65 bits per heavy atom. The minimum absolute atomic E-state index is 0.0598. The molecule has 0 unspecified atom stereocenters. The molecule has 1 aliphatic heterocycles. The molecule has 2 N–H and O–H groups in total. The average Bonchev–Trinajstić information content (AvgIpc) is 2.68. The molecule has 0 aromatic carbocycles. The molecule has 0 saturated carbocycles. The minimum atomic E-state index is -0.254. The molecule has 17 heavy (non-hydrogen) atoms. The molecule has 0 saturated heterocycles. The first-order valence-corrected chi connectivity index (χ1v) is 6.31. The van der Waals surface area contributed by atoms with Gasteiger partial charge in [-0.05, 0) is 22.4 Å². The lowest BCUT2D eigenvalue weighted by atomic mass is 10.3. The number of aryl methyl sites for hydroxylation is 1. The zero-order valence-electron chi connectivity index (χ0n) is 9.28. The van der Waals surface area contributed by atoms with Gasteiger partial charge in [0.15, 0.2) is 5.69 Å². The summed E-state index contributed by atoms with van der Waals surface area (Å²) in [5, 5.41) is 15.5. The first-order valence-electron chi connectivity index (χ1n) is 5.52. The first-order chi connectivity index (χ1) is 8.24. The van der Waals surface area contributed by atoms with Crippen molar-refractivity contribution in [3.8, 4) is 5.88 Å². The van der Waals surface area contributed by atoms with E-state index in [-0.39, 0.29) is 12.5 Å². The summed E-state index contributed by atoms with van der Waals surface area (Å²) < 4.78 is 7.73. The molecule has 2 rings (SSSR count). The highest BCUT2D eigenvalue weighted by Gasteiger charge is 2.24. The summed E-state index contributed by atoms with van der Waals surface area (Å²) in [4.78, 5) is 11.8. The van der Waals surface area contributed by atoms with Crippen LogP contribution in [0.3, 0.4) is 0 Å². The fourth-order valence-corrected chi connectivity index (χ4v) is 2.19. The lowest BCUT2D eigenvalue weighted by Crippen LogP contribution is -2.26. The number of hydrogen-bond donors (Lipinski definition) is 2. The summed E-state index contributed by atoms with van der Waals surface area (Å²) >= 11 is 3.33. The Morgan fingerprint density at radius 3 is 3.18 bits per heavy atom. The van der Waals surface area contributed by atoms with E-state index in [1.165, 1.54) is 0 Å². The second kappa shape index (κ2) is 5.50. The van der Waals surface area contributed by atoms with Gasteiger partial charge in [0.05, 0.1) is 6.61 Å². The third-order valence-electron chi connectivity index (χ3n) is 2.44. The number of aliphatic hydroxyl groups is 1. The maximum atomic E-state index is 11.8. The number of rotatable bonds is 4. The van der Waals surface area contributed by atoms with Crippen molar-refractivity contribution in [2.24, 2.45) is 0 Å². The molecule has 6 nitrogen and oxygen atoms in total. The van der Waals surface area contributed by atoms with Crippen LogP contribution in [-0.2, 0) is 6.54 Å². The lowest BCUT2D eigenvalue weighted by Gasteiger charge is -2.14. The van der Waals surface area contributed by atoms with E-state index in [2.05, 4.69) is 26.3 Å². The molecule has 94 valence electrons. The molecule has 0 fully saturated rings. The summed E-state index contributed by atoms with van der Waals surface area (Å²) in [6.45, 7) is 1.91. The number of carbonyl (C=O) groups is 1. The van der Waals surface area contributed by atoms with Crippen LogP contribution < -0.4 is 10.1 Å². The Balaban J connectivity index is 2.10. The molecule has 0 aliphatic carbocycles. The van der Waals surface area contributed by atoms with Gasteiger partial charge in [0.25, 0.3) is 5.91 Å². The van der Waals surface area contributed by atoms with Crippen molar-refractivity contribution >= 4 is 21.8 Å². The van der Waals surface area contributed by atoms with Gasteiger partial charge in [0.1, 0.15) is 4.47 Å². The highest BCUT2D eigenvalue weighted by molar-refractivity contribution is 9.10. The zero-order chi connectivity index (χ0) is 12.3. The second-order valence-electron chi connectivity index (χ2n) is 3.73. The van der Waals surface area contributed by atoms with Crippen molar-refractivity contribution < 1.29 is 14.6 Å². The number of carbonyl (C=O) groups excluding carboxylic acids is 1. The van der Waals surface area contributed by atoms with Crippen molar-refractivity contribution in [1.29, 1.82) is 0 Å². The molecular formula is C10H14BrN3O3. The highest BCUT2D eigenvalue weighted by Crippen LogP contribution is 2.31. The van der Waals surface area contributed by atoms with E-state index in [0.29, 0.717) is 35.6 Å². The van der Waals surface area contributed by atoms with Crippen LogP contribution in [0, 0.1) is 0 Å². The van der Waals surface area contributed by atoms with E-state index in [1.807, 2.05) is 0 Å². The molecule has 0 spiro atoms. The van der Waals surface area contributed by atoms with Crippen LogP contribution >= 0.6 is 15.9 Å². The number of aliphatic hydroxyl groups excluding tert-OH is 1. The van der Waals surface area contributed by atoms with Gasteiger partial charge >= 0.3 is 0 Å². The fourth-order valence-electron chi connectivity index (χ4n) is 1.61. The van der Waals surface area contributed by atoms with Crippen LogP contribution in [0.4, 0.5) is 0 Å². The standard InChI is InChI=1S/C10H14BrN3O3/c11-7-8(9(16)12-3-1-5-15)13-14-4-2-6-17-10(7)14/h15H,1-6H2,(H,12,16). The number of nitrogens with one attached hydrogen (secondary N) is 1. The molecule has 1 aliphatic rings. The van der Waals surface area contributed by atoms with Crippen LogP contribution in [0.5, 0.6) is 5.88 Å². The maximum Gasteiger partial charge on any atom is 0.273 e. The van der Waals surface area contributed by atoms with E-state index in [9.17, 15) is 4.79 Å². The maximum absolute atomic E-state index is 11.8. The molecule has 2 heterocycles. The van der Waals surface area contributed by atoms with E-state index in [1.54, 1.807) is 4.68 Å². The van der Waals surface area contributed by atoms with Gasteiger partial charge < -0.3 is 15.2 Å². The molecule has 0 atom stereocenters. The van der Waals surface area contributed by atoms with Crippen molar-refractivity contribution in [3.63, 3.8) is 0 Å². The normalized spacial score (nSPS) is 14.0. The van der Waals surface area contributed by atoms with Gasteiger partial charge in [-0.2, -0.15) is 5.10 Å². The molecule has 1 aromatic rings. The smallest absolute Gasteiger partial charge is 0.273 e. The number of fused-ring (bicyclic) bond motifs is 1. The quantitative estimate of drug-likeness (QED) is 0.796. The summed E-state index contributed by atoms with van der Waals surface area (Å²) in [6.07, 6.45) is 1.43. The Hall–Kier alpha value is -1.08. The minimum Gasteiger partial charge on any atom is -0.477 e. The molecule has 1 aromatic heterocycles. The molecule has 0 radical (unpaired) electrons. The Kier molecular flexibility index (Phi) is 4.01. The van der Waals surface area contributed by atoms with E-state index in [0.717, 1.165) is 13.0 Å². The van der Waals surface area contributed by atoms with Crippen LogP contribution in [0.2, 0.25) is 0 Å². The largest absolute Gasteiger partial charge is 0.477 e. The SMILES string of the molecule is O=C(NCCCO)c1nn2c(c1Br)OCCC2. The third-order valence-corrected chi connectivity index (χ3v) is 3.15. The predicted octanol–water partition coefficient (Wildman–Crippen LogP) is 0.540. The van der Waals surface area contributed by atoms with Gasteiger partial charge in [-0.3, -0.25) is 4.79 Å². The van der Waals surface area contributed by atoms with Crippen LogP contribution in [-0.4, -0.2) is 40.6 Å². The highest BCUT2D eigenvalue weighted by atomic mass is 79.9. The summed E-state index contributed by atoms with van der Waals surface area (Å²) in [5.41, 5.74) is 0.333. The number of hydrogen-bond acceptors (Lipinski definition) is 4. The van der Waals surface area contributed by atoms with Crippen LogP contribution in [0.25, 0.3) is 0 Å². The van der Waals surface area contributed by atoms with Crippen molar-refractivity contribution in [2.45, 2.75) is 19.4 Å². The van der Waals surface area contributed by atoms with Gasteiger partial charge in [-0.1, -0.05) is 0 Å². The Bertz CT molecular complexity index is 419. The predicted molar refractivity (Wildman–Crippen MR) is 64.1 cm³/mol. The zero-order valence-corrected chi connectivity index (χ0v) is 10.9. The van der Waals surface area contributed by atoms with Gasteiger partial charge in [0.2, 0.25) is 5.88 Å². The summed E-state index contributed by atoms with van der Waals surface area (Å²) in [5.74, 6) is 0.361. The number of amides is 1. The van der Waals surface area contributed by atoms with Crippen LogP contribution in [0.1, 0.15) is 23.3 Å².